The Morgan fingerprint density at radius 1 is 0.195 bits per heavy atom. The summed E-state index contributed by atoms with van der Waals surface area (Å²) in [5, 5.41) is 0. The highest BCUT2D eigenvalue weighted by Crippen LogP contribution is 2.51. The van der Waals surface area contributed by atoms with Crippen LogP contribution in [0.2, 0.25) is 0 Å². The van der Waals surface area contributed by atoms with Gasteiger partial charge in [-0.15, -0.1) is 0 Å². The Balaban J connectivity index is 4.82. The summed E-state index contributed by atoms with van der Waals surface area (Å²) in [6.07, 6.45) is 47.4. The number of unbranched alkanes of at least 4 members (excludes halogenated alkanes) is 28. The molecule has 0 rings (SSSR count). The van der Waals surface area contributed by atoms with Gasteiger partial charge in [0.1, 0.15) is 0 Å². The lowest BCUT2D eigenvalue weighted by atomic mass is 10.1. The van der Waals surface area contributed by atoms with E-state index in [0.717, 1.165) is 0 Å². The predicted molar refractivity (Wildman–Crippen MR) is 197 cm³/mol. The zero-order valence-corrected chi connectivity index (χ0v) is 30.7. The summed E-state index contributed by atoms with van der Waals surface area (Å²) in [4.78, 5) is 0. The molecule has 0 aromatic carbocycles. The number of hydrogen-bond acceptors (Lipinski definition) is 0. The van der Waals surface area contributed by atoms with Gasteiger partial charge in [0.25, 0.3) is 0 Å². The average Bonchev–Trinajstić information content (AvgIpc) is 2.98. The predicted octanol–water partition coefficient (Wildman–Crippen LogP) is 15.4. The van der Waals surface area contributed by atoms with Crippen LogP contribution in [0.5, 0.6) is 0 Å². The molecule has 41 heavy (non-hydrogen) atoms. The third-order valence-corrected chi connectivity index (χ3v) is 14.3. The molecule has 0 bridgehead atoms. The lowest BCUT2D eigenvalue weighted by molar-refractivity contribution is 0.579. The monoisotopic (exact) mass is 597 g/mol. The smallest absolute Gasteiger partial charge is 0.0228 e. The molecule has 0 fully saturated rings. The quantitative estimate of drug-likeness (QED) is 0.0631. The van der Waals surface area contributed by atoms with Crippen LogP contribution in [0.1, 0.15) is 233 Å². The molecule has 0 spiro atoms. The highest BCUT2D eigenvalue weighted by molar-refractivity contribution is 8.33. The van der Waals surface area contributed by atoms with Gasteiger partial charge in [0, 0.05) is 0 Å². The van der Waals surface area contributed by atoms with Crippen LogP contribution in [0, 0.1) is 0 Å². The van der Waals surface area contributed by atoms with Gasteiger partial charge >= 0.3 is 0 Å². The summed E-state index contributed by atoms with van der Waals surface area (Å²) < 4.78 is 0. The molecule has 0 atom stereocenters. The van der Waals surface area contributed by atoms with Crippen molar-refractivity contribution in [1.29, 1.82) is 0 Å². The molecule has 0 radical (unpaired) electrons. The number of hydrogen-bond donors (Lipinski definition) is 0. The van der Waals surface area contributed by atoms with Crippen LogP contribution in [-0.4, -0.2) is 23.0 Å². The van der Waals surface area contributed by atoms with E-state index in [1.807, 2.05) is 0 Å². The third kappa shape index (κ3) is 30.2. The van der Waals surface area contributed by atoms with Gasteiger partial charge in [-0.25, -0.2) is 10.0 Å². The lowest BCUT2D eigenvalue weighted by Crippen LogP contribution is -2.18. The molecule has 0 unspecified atom stereocenters. The SMILES string of the molecule is CCCCCCCCCCS(CCCCCCCCCC)(CCCCCCCCCC)CCCCCCCCCC. The first-order valence-corrected chi connectivity index (χ1v) is 22.3. The summed E-state index contributed by atoms with van der Waals surface area (Å²) >= 11 is 0. The first kappa shape index (κ1) is 41.4. The highest BCUT2D eigenvalue weighted by atomic mass is 32.3. The summed E-state index contributed by atoms with van der Waals surface area (Å²) in [5.41, 5.74) is 0. The van der Waals surface area contributed by atoms with Gasteiger partial charge in [0.05, 0.1) is 0 Å². The van der Waals surface area contributed by atoms with E-state index in [-0.39, 0.29) is 0 Å². The van der Waals surface area contributed by atoms with Gasteiger partial charge in [0.15, 0.2) is 0 Å². The Morgan fingerprint density at radius 3 is 0.512 bits per heavy atom. The van der Waals surface area contributed by atoms with E-state index >= 15 is 0 Å². The first-order valence-electron chi connectivity index (χ1n) is 20.0. The second-order valence-corrected chi connectivity index (χ2v) is 18.0. The van der Waals surface area contributed by atoms with Crippen molar-refractivity contribution in [3.63, 3.8) is 0 Å². The van der Waals surface area contributed by atoms with E-state index in [4.69, 9.17) is 0 Å². The fourth-order valence-corrected chi connectivity index (χ4v) is 11.3. The van der Waals surface area contributed by atoms with Crippen LogP contribution < -0.4 is 0 Å². The van der Waals surface area contributed by atoms with Gasteiger partial charge in [-0.05, 0) is 48.7 Å². The van der Waals surface area contributed by atoms with Gasteiger partial charge in [-0.3, -0.25) is 0 Å². The highest BCUT2D eigenvalue weighted by Gasteiger charge is 2.22. The summed E-state index contributed by atoms with van der Waals surface area (Å²) in [6.45, 7) is 9.36. The minimum Gasteiger partial charge on any atom is -0.241 e. The molecule has 0 saturated heterocycles. The molecule has 0 aliphatic rings. The second kappa shape index (κ2) is 34.8. The second-order valence-electron chi connectivity index (χ2n) is 13.9. The topological polar surface area (TPSA) is 0 Å². The van der Waals surface area contributed by atoms with Gasteiger partial charge in [0.2, 0.25) is 0 Å². The Bertz CT molecular complexity index is 372. The van der Waals surface area contributed by atoms with Crippen molar-refractivity contribution in [3.8, 4) is 0 Å². The molecular formula is C40H84S. The molecule has 250 valence electrons. The molecule has 0 nitrogen and oxygen atoms in total. The van der Waals surface area contributed by atoms with E-state index in [9.17, 15) is 0 Å². The average molecular weight is 597 g/mol. The van der Waals surface area contributed by atoms with Crippen LogP contribution in [0.15, 0.2) is 0 Å². The Hall–Kier alpha value is 0.350. The zero-order valence-electron chi connectivity index (χ0n) is 29.9. The van der Waals surface area contributed by atoms with Crippen molar-refractivity contribution < 1.29 is 0 Å². The molecule has 0 amide bonds. The number of rotatable bonds is 36. The summed E-state index contributed by atoms with van der Waals surface area (Å²) in [7, 11) is -0.402. The van der Waals surface area contributed by atoms with Crippen molar-refractivity contribution in [2.24, 2.45) is 0 Å². The van der Waals surface area contributed by atoms with Crippen molar-refractivity contribution in [2.75, 3.05) is 23.0 Å². The Labute approximate surface area is 265 Å². The lowest BCUT2D eigenvalue weighted by Gasteiger charge is -2.41. The molecule has 0 saturated carbocycles. The Kier molecular flexibility index (Phi) is 35.1. The van der Waals surface area contributed by atoms with Gasteiger partial charge in [-0.2, -0.15) is 0 Å². The minimum atomic E-state index is -0.402. The molecule has 0 aromatic heterocycles. The van der Waals surface area contributed by atoms with Gasteiger partial charge < -0.3 is 0 Å². The van der Waals surface area contributed by atoms with Crippen LogP contribution in [0.4, 0.5) is 0 Å². The Morgan fingerprint density at radius 2 is 0.341 bits per heavy atom. The fraction of sp³-hybridized carbons (Fsp3) is 1.00. The van der Waals surface area contributed by atoms with Gasteiger partial charge in [-0.1, -0.05) is 207 Å². The molecule has 0 aliphatic heterocycles. The van der Waals surface area contributed by atoms with Crippen LogP contribution in [0.25, 0.3) is 0 Å². The van der Waals surface area contributed by atoms with E-state index in [2.05, 4.69) is 27.7 Å². The minimum absolute atomic E-state index is 0.402. The summed E-state index contributed by atoms with van der Waals surface area (Å²) in [6, 6.07) is 0. The van der Waals surface area contributed by atoms with Crippen molar-refractivity contribution in [1.82, 2.24) is 0 Å². The molecule has 0 N–H and O–H groups in total. The van der Waals surface area contributed by atoms with Crippen LogP contribution in [-0.2, 0) is 0 Å². The zero-order chi connectivity index (χ0) is 30.0. The van der Waals surface area contributed by atoms with Crippen molar-refractivity contribution in [2.45, 2.75) is 233 Å². The molecule has 0 aromatic rings. The standard InChI is InChI=1S/C40H84S/c1-5-9-13-17-21-25-29-33-37-41(38-34-30-26-22-18-14-10-6-2,39-35-31-27-23-19-15-11-7-3)40-36-32-28-24-20-16-12-8-4/h5-40H2,1-4H3. The maximum Gasteiger partial charge on any atom is -0.0228 e. The summed E-state index contributed by atoms with van der Waals surface area (Å²) in [5.74, 6) is 6.52. The maximum atomic E-state index is 2.34. The van der Waals surface area contributed by atoms with E-state index in [1.54, 1.807) is 48.7 Å². The van der Waals surface area contributed by atoms with E-state index in [1.165, 1.54) is 180 Å². The largest absolute Gasteiger partial charge is 0.241 e. The molecule has 0 heterocycles. The fourth-order valence-electron chi connectivity index (χ4n) is 6.78. The molecule has 1 heteroatoms. The van der Waals surface area contributed by atoms with Crippen molar-refractivity contribution in [3.05, 3.63) is 0 Å². The molecule has 0 aliphatic carbocycles. The van der Waals surface area contributed by atoms with Crippen LogP contribution >= 0.6 is 10.0 Å². The van der Waals surface area contributed by atoms with Crippen molar-refractivity contribution >= 4 is 10.0 Å². The van der Waals surface area contributed by atoms with E-state index < -0.39 is 10.0 Å². The molecular weight excluding hydrogens is 513 g/mol. The first-order chi connectivity index (χ1) is 20.2. The van der Waals surface area contributed by atoms with Crippen LogP contribution in [0.3, 0.4) is 0 Å². The maximum absolute atomic E-state index is 2.34. The van der Waals surface area contributed by atoms with E-state index in [0.29, 0.717) is 0 Å². The normalized spacial score (nSPS) is 12.4. The third-order valence-electron chi connectivity index (χ3n) is 9.72.